The summed E-state index contributed by atoms with van der Waals surface area (Å²) in [6.07, 6.45) is 0.0305. The summed E-state index contributed by atoms with van der Waals surface area (Å²) >= 11 is 0. The first-order valence-corrected chi connectivity index (χ1v) is 28.1. The third-order valence-electron chi connectivity index (χ3n) is 10.5. The van der Waals surface area contributed by atoms with Crippen LogP contribution in [0.2, 0.25) is 0 Å². The number of nitrogens with two attached hydrogens (primary N) is 2. The van der Waals surface area contributed by atoms with Crippen molar-refractivity contribution >= 4 is 135 Å². The van der Waals surface area contributed by atoms with Crippen LogP contribution >= 0.6 is 81.0 Å². The number of primary amides is 2. The molecule has 0 radical (unpaired) electrons. The van der Waals surface area contributed by atoms with Gasteiger partial charge < -0.3 is 93.0 Å². The Morgan fingerprint density at radius 2 is 0.914 bits per heavy atom. The number of nitrogens with one attached hydrogen (secondary N) is 6. The first-order valence-electron chi connectivity index (χ1n) is 28.1. The van der Waals surface area contributed by atoms with Crippen LogP contribution in [0.1, 0.15) is 184 Å². The summed E-state index contributed by atoms with van der Waals surface area (Å²) in [5.74, 6) is -2.99. The van der Waals surface area contributed by atoms with Crippen LogP contribution in [0.4, 0.5) is 24.0 Å². The Bertz CT molecular complexity index is 2250. The highest BCUT2D eigenvalue weighted by Gasteiger charge is 2.31. The molecule has 7 amide bonds. The number of amides is 7. The number of esters is 2. The average molecular weight is 1450 g/mol. The van der Waals surface area contributed by atoms with E-state index in [1.807, 2.05) is 61.5 Å². The van der Waals surface area contributed by atoms with Crippen molar-refractivity contribution in [2.45, 2.75) is 248 Å². The molecule has 0 bridgehead atoms. The van der Waals surface area contributed by atoms with Gasteiger partial charge in [0.2, 0.25) is 17.9 Å². The van der Waals surface area contributed by atoms with Gasteiger partial charge in [0.1, 0.15) is 46.1 Å². The molecule has 552 valence electrons. The average Bonchev–Trinajstić information content (AvgIpc) is 2.51. The minimum absolute atomic E-state index is 0. The molecule has 93 heavy (non-hydrogen) atoms. The minimum atomic E-state index is -0.984. The third kappa shape index (κ3) is 70.8. The van der Waals surface area contributed by atoms with Gasteiger partial charge in [-0.05, 0) is 155 Å². The molecule has 15 N–H and O–H groups in total. The number of carbonyl (C=O) groups excluding carboxylic acids is 9. The largest absolute Gasteiger partial charge is 0.469 e. The summed E-state index contributed by atoms with van der Waals surface area (Å²) in [4.78, 5) is 106. The highest BCUT2D eigenvalue weighted by atomic mass is 32.1. The molecule has 0 aromatic heterocycles. The Morgan fingerprint density at radius 3 is 1.24 bits per heavy atom. The van der Waals surface area contributed by atoms with Gasteiger partial charge in [-0.15, -0.1) is 0 Å². The second kappa shape index (κ2) is 57.0. The van der Waals surface area contributed by atoms with E-state index in [1.54, 1.807) is 83.1 Å². The summed E-state index contributed by atoms with van der Waals surface area (Å²) < 4.78 is 34.6. The molecule has 0 aromatic carbocycles. The Hall–Kier alpha value is -5.32. The van der Waals surface area contributed by atoms with E-state index in [2.05, 4.69) is 59.2 Å². The van der Waals surface area contributed by atoms with Gasteiger partial charge in [-0.2, -0.15) is 91.5 Å². The molecule has 1 heterocycles. The molecule has 1 aliphatic rings. The van der Waals surface area contributed by atoms with E-state index in [1.165, 1.54) is 14.2 Å². The zero-order chi connectivity index (χ0) is 67.4. The van der Waals surface area contributed by atoms with Crippen LogP contribution in [0.3, 0.4) is 0 Å². The van der Waals surface area contributed by atoms with Crippen molar-refractivity contribution in [3.05, 3.63) is 11.4 Å². The molecule has 1 rings (SSSR count). The van der Waals surface area contributed by atoms with Crippen molar-refractivity contribution in [3.63, 3.8) is 0 Å². The Kier molecular flexibility index (Phi) is 70.5. The number of alkyl carbamates (subject to hydrolysis) is 5. The highest BCUT2D eigenvalue weighted by Crippen LogP contribution is 2.16. The Labute approximate surface area is 596 Å². The molecular weight excluding hydrogens is 1330 g/mol. The van der Waals surface area contributed by atoms with Gasteiger partial charge in [0.05, 0.1) is 38.7 Å². The quantitative estimate of drug-likeness (QED) is 0.0362. The molecule has 1 aliphatic heterocycles. The lowest BCUT2D eigenvalue weighted by Gasteiger charge is -2.29. The van der Waals surface area contributed by atoms with E-state index in [9.17, 15) is 43.2 Å². The fourth-order valence-electron chi connectivity index (χ4n) is 6.63. The zero-order valence-corrected chi connectivity index (χ0v) is 65.2. The normalized spacial score (nSPS) is 15.1. The number of methoxy groups -OCH3 is 2. The van der Waals surface area contributed by atoms with Gasteiger partial charge in [0, 0.05) is 37.4 Å². The predicted octanol–water partition coefficient (Wildman–Crippen LogP) is 7.59. The Balaban J connectivity index is -0.0000000866. The van der Waals surface area contributed by atoms with Crippen molar-refractivity contribution < 1.29 is 81.8 Å². The molecule has 29 nitrogen and oxygen atoms in total. The summed E-state index contributed by atoms with van der Waals surface area (Å²) in [6.45, 7) is 46.0. The maximum Gasteiger partial charge on any atom is 0.408 e. The van der Waals surface area contributed by atoms with Crippen molar-refractivity contribution in [2.75, 3.05) is 27.3 Å². The number of nitriles is 2. The van der Waals surface area contributed by atoms with E-state index in [0.717, 1.165) is 25.9 Å². The lowest BCUT2D eigenvalue weighted by molar-refractivity contribution is -0.147. The smallest absolute Gasteiger partial charge is 0.408 e. The first-order chi connectivity index (χ1) is 38.6. The lowest BCUT2D eigenvalue weighted by Crippen LogP contribution is -2.49. The van der Waals surface area contributed by atoms with Crippen LogP contribution in [0, 0.1) is 52.9 Å². The maximum atomic E-state index is 11.7. The standard InChI is InChI=1S/C13H23NO6.C12H22N2O2.C11H21N3O4.C11H17N3O2.C11H22N2O2.H3N.H2O.6H2S/c1-8(10(15)18-5)7-9(11(16)19-6)14-12(17)20-13(2,3)4;1-6-10(7-9(2)8-13)14-11(15)16-12(3,4)5;1-6(8(12)15)5-7(9(13)16)14-10(17)18-11(2,3)4;1-8(13-5)6-9(7-12)14-10(15)16-11(2,3)4;1-8-5-9(7-12-6-8)13-10(14)15-11(2,3)4;;;;;;;;/h8-9H,7H2,1-6H3,(H,14,17);9-10H,6-7H2,1-5H3,(H,14,15);6-7H,5H2,1-4H3,(H2,12,15)(H2,13,16)(H,14,17);8-9H,6H2,1-4H3,(H,14,15);8-9,12H,5-7H2,1-4H3,(H,13,14);1H3;7*1H2/t8-,9-;9-,10-;6-,7-;8-,9-;8-,9+;;;;;;;;/m01000......../s1. The number of piperidine rings is 1. The van der Waals surface area contributed by atoms with E-state index < -0.39 is 106 Å². The van der Waals surface area contributed by atoms with Crippen LogP contribution in [0.15, 0.2) is 0 Å². The SMILES string of the molecule is CC[C@H](C[C@@H](C)C#N)NC(=O)OC(C)(C)C.COC(=O)[C@H](C[C@H](C)C(=O)OC)NC(=O)OC(C)(C)C.C[C@@H](C[C@H](NC(=O)OC(C)(C)C)C(N)=O)C(N)=O.C[C@@H]1CNC[C@H](NC(=O)OC(C)(C)C)C1.N.O.S.S.S.S.S.S.[C-]#[N+][C@@H](C)C[C@@H](C#N)NC(=O)OC(C)(C)C. The van der Waals surface area contributed by atoms with Gasteiger partial charge in [-0.3, -0.25) is 14.4 Å². The van der Waals surface area contributed by atoms with Crippen LogP contribution in [0.25, 0.3) is 4.85 Å². The second-order valence-corrected chi connectivity index (χ2v) is 25.4. The fraction of sp³-hybridized carbons (Fsp3) is 0.793. The number of ether oxygens (including phenoxy) is 7. The third-order valence-corrected chi connectivity index (χ3v) is 10.5. The van der Waals surface area contributed by atoms with Crippen LogP contribution in [-0.2, 0) is 52.3 Å². The van der Waals surface area contributed by atoms with Crippen LogP contribution < -0.4 is 49.5 Å². The molecule has 10 atom stereocenters. The minimum Gasteiger partial charge on any atom is -0.469 e. The molecule has 35 heteroatoms. The van der Waals surface area contributed by atoms with Gasteiger partial charge >= 0.3 is 42.4 Å². The van der Waals surface area contributed by atoms with E-state index >= 15 is 0 Å². The van der Waals surface area contributed by atoms with E-state index in [0.29, 0.717) is 18.8 Å². The molecular formula is C58H122N12O17S6. The number of nitrogens with zero attached hydrogens (tertiary/aromatic N) is 3. The topological polar surface area (TPSA) is 461 Å². The van der Waals surface area contributed by atoms with Crippen molar-refractivity contribution in [1.82, 2.24) is 38.1 Å². The van der Waals surface area contributed by atoms with Gasteiger partial charge in [0.15, 0.2) is 0 Å². The van der Waals surface area contributed by atoms with Gasteiger partial charge in [0.25, 0.3) is 0 Å². The van der Waals surface area contributed by atoms with E-state index in [-0.39, 0.29) is 136 Å². The number of carbonyl (C=O) groups is 9. The van der Waals surface area contributed by atoms with Crippen LogP contribution in [-0.4, -0.2) is 151 Å². The number of rotatable bonds is 18. The lowest BCUT2D eigenvalue weighted by atomic mass is 9.98. The summed E-state index contributed by atoms with van der Waals surface area (Å²) in [5, 5.41) is 33.6. The number of hydrogen-bond donors (Lipinski definition) is 9. The molecule has 0 unspecified atom stereocenters. The monoisotopic (exact) mass is 1450 g/mol. The van der Waals surface area contributed by atoms with Crippen molar-refractivity contribution in [1.29, 1.82) is 10.5 Å². The Morgan fingerprint density at radius 1 is 0.548 bits per heavy atom. The summed E-state index contributed by atoms with van der Waals surface area (Å²) in [7, 11) is 2.46. The molecule has 1 saturated heterocycles. The summed E-state index contributed by atoms with van der Waals surface area (Å²) in [5.41, 5.74) is 7.37. The number of hydrogen-bond acceptors (Lipinski definition) is 20. The summed E-state index contributed by atoms with van der Waals surface area (Å²) in [6, 6.07) is 1.36. The van der Waals surface area contributed by atoms with Gasteiger partial charge in [-0.1, -0.05) is 27.7 Å². The second-order valence-electron chi connectivity index (χ2n) is 25.4. The van der Waals surface area contributed by atoms with Gasteiger partial charge in [-0.25, -0.2) is 35.3 Å². The van der Waals surface area contributed by atoms with Crippen molar-refractivity contribution in [3.8, 4) is 12.1 Å². The highest BCUT2D eigenvalue weighted by molar-refractivity contribution is 7.60. The fourth-order valence-corrected chi connectivity index (χ4v) is 6.63. The van der Waals surface area contributed by atoms with Crippen molar-refractivity contribution in [2.24, 2.45) is 35.1 Å². The van der Waals surface area contributed by atoms with E-state index in [4.69, 9.17) is 52.2 Å². The maximum absolute atomic E-state index is 11.7. The molecule has 0 aromatic rings. The zero-order valence-electron chi connectivity index (χ0n) is 59.2. The molecule has 0 spiro atoms. The molecule has 1 fully saturated rings. The van der Waals surface area contributed by atoms with Crippen LogP contribution in [0.5, 0.6) is 0 Å². The predicted molar refractivity (Wildman–Crippen MR) is 389 cm³/mol. The first kappa shape index (κ1) is 115. The molecule has 0 saturated carbocycles. The molecule has 0 aliphatic carbocycles.